The van der Waals surface area contributed by atoms with Gasteiger partial charge in [0.2, 0.25) is 11.8 Å². The van der Waals surface area contributed by atoms with Crippen molar-refractivity contribution in [3.05, 3.63) is 50.6 Å². The number of halogens is 2. The van der Waals surface area contributed by atoms with E-state index in [9.17, 15) is 9.67 Å². The highest BCUT2D eigenvalue weighted by Gasteiger charge is 2.51. The molecule has 6 heterocycles. The second-order valence-electron chi connectivity index (χ2n) is 10.7. The number of ether oxygens (including phenoxy) is 4. The van der Waals surface area contributed by atoms with Gasteiger partial charge in [-0.15, -0.1) is 0 Å². The molecule has 49 heavy (non-hydrogen) atoms. The van der Waals surface area contributed by atoms with E-state index in [4.69, 9.17) is 44.3 Å². The molecular formula is C27H30F2N8O9P2S. The highest BCUT2D eigenvalue weighted by atomic mass is 32.5. The minimum absolute atomic E-state index is 0.158. The van der Waals surface area contributed by atoms with Gasteiger partial charge >= 0.3 is 8.69 Å². The lowest BCUT2D eigenvalue weighted by Crippen LogP contribution is -2.34. The van der Waals surface area contributed by atoms with Gasteiger partial charge in [0.25, 0.3) is 0 Å². The largest absolute Gasteiger partial charge is 0.472 e. The van der Waals surface area contributed by atoms with Crippen molar-refractivity contribution in [3.63, 3.8) is 0 Å². The van der Waals surface area contributed by atoms with Gasteiger partial charge in [0.1, 0.15) is 50.3 Å². The second-order valence-corrected chi connectivity index (χ2v) is 15.0. The van der Waals surface area contributed by atoms with Crippen LogP contribution in [0.5, 0.6) is 11.8 Å². The van der Waals surface area contributed by atoms with Crippen LogP contribution in [0.2, 0.25) is 0 Å². The molecule has 22 heteroatoms. The van der Waals surface area contributed by atoms with Gasteiger partial charge in [-0.1, -0.05) is 25.3 Å². The maximum absolute atomic E-state index is 16.1. The van der Waals surface area contributed by atoms with E-state index in [0.717, 1.165) is 0 Å². The number of fused-ring (bicyclic) bond motifs is 2. The number of aromatic nitrogens is 8. The van der Waals surface area contributed by atoms with Gasteiger partial charge in [-0.25, -0.2) is 33.3 Å². The molecule has 2 aliphatic rings. The van der Waals surface area contributed by atoms with Crippen LogP contribution in [0, 0.1) is 0 Å². The first kappa shape index (κ1) is 35.4. The van der Waals surface area contributed by atoms with Crippen molar-refractivity contribution in [3.8, 4) is 11.8 Å². The zero-order chi connectivity index (χ0) is 34.7. The van der Waals surface area contributed by atoms with Crippen molar-refractivity contribution in [2.75, 3.05) is 33.1 Å². The monoisotopic (exact) mass is 742 g/mol. The summed E-state index contributed by atoms with van der Waals surface area (Å²) in [5.74, 6) is 0.331. The summed E-state index contributed by atoms with van der Waals surface area (Å²) in [6, 6.07) is 0. The number of aliphatic hydroxyl groups excluding tert-OH is 1. The first-order chi connectivity index (χ1) is 23.7. The first-order valence-corrected chi connectivity index (χ1v) is 18.4. The number of alkyl halides is 2. The summed E-state index contributed by atoms with van der Waals surface area (Å²) in [6.45, 7) is 4.63. The van der Waals surface area contributed by atoms with Gasteiger partial charge in [-0.2, -0.15) is 9.97 Å². The molecule has 0 radical (unpaired) electrons. The molecular weight excluding hydrogens is 712 g/mol. The molecule has 1 N–H and O–H groups in total. The lowest BCUT2D eigenvalue weighted by molar-refractivity contribution is -0.0474. The molecule has 0 spiro atoms. The quantitative estimate of drug-likeness (QED) is 0.130. The Hall–Kier alpha value is -3.45. The normalized spacial score (nSPS) is 28.2. The first-order valence-electron chi connectivity index (χ1n) is 14.6. The van der Waals surface area contributed by atoms with Crippen molar-refractivity contribution in [1.29, 1.82) is 0 Å². The van der Waals surface area contributed by atoms with Crippen LogP contribution >= 0.6 is 15.2 Å². The van der Waals surface area contributed by atoms with Crippen molar-refractivity contribution in [1.82, 2.24) is 39.0 Å². The summed E-state index contributed by atoms with van der Waals surface area (Å²) < 4.78 is 85.7. The van der Waals surface area contributed by atoms with Crippen molar-refractivity contribution < 1.29 is 51.0 Å². The van der Waals surface area contributed by atoms with Crippen LogP contribution in [-0.2, 0) is 39.4 Å². The molecule has 4 aromatic rings. The van der Waals surface area contributed by atoms with Crippen LogP contribution in [-0.4, -0.2) is 114 Å². The van der Waals surface area contributed by atoms with Gasteiger partial charge in [-0.3, -0.25) is 13.7 Å². The summed E-state index contributed by atoms with van der Waals surface area (Å²) in [5, 5.41) is 10.0. The molecule has 17 nitrogen and oxygen atoms in total. The fraction of sp³-hybridized carbons (Fsp3) is 0.481. The maximum Gasteiger partial charge on any atom is 0.327 e. The number of aliphatic hydroxyl groups is 1. The van der Waals surface area contributed by atoms with E-state index in [2.05, 4.69) is 43.1 Å². The van der Waals surface area contributed by atoms with Crippen LogP contribution in [0.15, 0.2) is 50.6 Å². The van der Waals surface area contributed by atoms with Crippen molar-refractivity contribution >= 4 is 49.3 Å². The minimum atomic E-state index is -3.34. The molecule has 1 unspecified atom stereocenters. The lowest BCUT2D eigenvalue weighted by atomic mass is 10.1. The summed E-state index contributed by atoms with van der Waals surface area (Å²) >= 11 is 5.59. The van der Waals surface area contributed by atoms with E-state index in [0.29, 0.717) is 0 Å². The Morgan fingerprint density at radius 1 is 0.918 bits per heavy atom. The third kappa shape index (κ3) is 7.10. The molecule has 9 atom stereocenters. The zero-order valence-electron chi connectivity index (χ0n) is 25.7. The number of imidazole rings is 2. The molecule has 2 aliphatic heterocycles. The Balaban J connectivity index is 1.15. The molecule has 262 valence electrons. The molecule has 0 aromatic carbocycles. The van der Waals surface area contributed by atoms with Crippen LogP contribution in [0.4, 0.5) is 8.78 Å². The topological polar surface area (TPSA) is 189 Å². The molecule has 0 amide bonds. The Kier molecular flexibility index (Phi) is 11.0. The van der Waals surface area contributed by atoms with E-state index in [1.807, 2.05) is 0 Å². The van der Waals surface area contributed by atoms with Crippen molar-refractivity contribution in [2.45, 2.75) is 49.2 Å². The number of hydrogen-bond acceptors (Lipinski definition) is 16. The zero-order valence-corrected chi connectivity index (χ0v) is 28.3. The summed E-state index contributed by atoms with van der Waals surface area (Å²) in [6.07, 6.45) is -3.22. The fourth-order valence-electron chi connectivity index (χ4n) is 5.40. The molecule has 0 saturated carbocycles. The number of hydrogen-bond donors (Lipinski definition) is 1. The smallest absolute Gasteiger partial charge is 0.327 e. The lowest BCUT2D eigenvalue weighted by Gasteiger charge is -2.27. The number of nitrogens with zero attached hydrogens (tertiary/aromatic N) is 8. The molecule has 0 bridgehead atoms. The highest BCUT2D eigenvalue weighted by molar-refractivity contribution is 8.09. The predicted molar refractivity (Wildman–Crippen MR) is 170 cm³/mol. The van der Waals surface area contributed by atoms with E-state index in [1.54, 1.807) is 0 Å². The Morgan fingerprint density at radius 2 is 1.45 bits per heavy atom. The van der Waals surface area contributed by atoms with Gasteiger partial charge in [-0.05, 0) is 11.8 Å². The summed E-state index contributed by atoms with van der Waals surface area (Å²) in [5.41, 5.74) is 0.955. The fourth-order valence-corrected chi connectivity index (χ4v) is 7.40. The van der Waals surface area contributed by atoms with Crippen molar-refractivity contribution in [2.24, 2.45) is 0 Å². The average molecular weight is 743 g/mol. The van der Waals surface area contributed by atoms with Gasteiger partial charge in [0, 0.05) is 6.66 Å². The predicted octanol–water partition coefficient (Wildman–Crippen LogP) is 3.19. The number of rotatable bonds is 16. The Morgan fingerprint density at radius 3 is 1.96 bits per heavy atom. The standard InChI is InChI=1S/C27H30F2N8O9P2S/c1-4-6-40-24-18-22(30-10-32-24)36(12-34-18)26-16(28)20(45-47-39)15(44-26)9-42-48(3,49)46-21-14(8-38)43-27(17(21)29)37-13-35-19-23(37)31-11-33-25(19)41-7-5-2/h4-5,10-17,20-21,26-27,38H,1-2,6-9H2,3H3/t14-,15-,16-,17-,20-,21-,26-,27-,48?/m1/s1. The van der Waals surface area contributed by atoms with E-state index in [-0.39, 0.29) is 53.9 Å². The highest BCUT2D eigenvalue weighted by Crippen LogP contribution is 2.51. The maximum atomic E-state index is 16.1. The molecule has 0 aliphatic carbocycles. The molecule has 2 fully saturated rings. The van der Waals surface area contributed by atoms with Crippen LogP contribution < -0.4 is 9.47 Å². The Labute approximate surface area is 283 Å². The third-order valence-electron chi connectivity index (χ3n) is 7.54. The van der Waals surface area contributed by atoms with E-state index in [1.165, 1.54) is 53.3 Å². The average Bonchev–Trinajstić information content (AvgIpc) is 3.86. The van der Waals surface area contributed by atoms with Gasteiger partial charge in [0.05, 0.1) is 25.9 Å². The van der Waals surface area contributed by atoms with E-state index < -0.39 is 71.0 Å². The summed E-state index contributed by atoms with van der Waals surface area (Å²) in [4.78, 5) is 25.0. The van der Waals surface area contributed by atoms with Crippen LogP contribution in [0.25, 0.3) is 22.3 Å². The van der Waals surface area contributed by atoms with Gasteiger partial charge in [0.15, 0.2) is 53.6 Å². The molecule has 4 aromatic heterocycles. The van der Waals surface area contributed by atoms with E-state index >= 15 is 8.78 Å². The van der Waals surface area contributed by atoms with Crippen LogP contribution in [0.1, 0.15) is 12.5 Å². The SMILES string of the molecule is C=CCOc1ncnc2c1ncn2[C@@H]1O[C@H](COP(C)(=S)O[C@H]2[C@@H](F)[C@H](n3cnc4c(OCC=C)ncnc43)O[C@@H]2CO)[C@@H](OP=O)[C@H]1F. The minimum Gasteiger partial charge on any atom is -0.472 e. The van der Waals surface area contributed by atoms with Crippen LogP contribution in [0.3, 0.4) is 0 Å². The summed E-state index contributed by atoms with van der Waals surface area (Å²) in [7, 11) is -0.800. The Bertz CT molecular complexity index is 1870. The molecule has 2 saturated heterocycles. The second kappa shape index (κ2) is 15.2. The van der Waals surface area contributed by atoms with Gasteiger partial charge < -0.3 is 33.1 Å². The molecule has 6 rings (SSSR count). The third-order valence-corrected chi connectivity index (χ3v) is 9.69.